The van der Waals surface area contributed by atoms with Gasteiger partial charge >= 0.3 is 0 Å². The summed E-state index contributed by atoms with van der Waals surface area (Å²) in [4.78, 5) is 15.7. The van der Waals surface area contributed by atoms with E-state index in [9.17, 15) is 4.79 Å². The van der Waals surface area contributed by atoms with Gasteiger partial charge in [-0.15, -0.1) is 0 Å². The normalized spacial score (nSPS) is 10.2. The average molecular weight is 230 g/mol. The van der Waals surface area contributed by atoms with E-state index in [0.717, 1.165) is 17.0 Å². The number of carbonyl (C=O) groups is 1. The minimum absolute atomic E-state index is 0.104. The third kappa shape index (κ3) is 2.50. The molecular weight excluding hydrogens is 216 g/mol. The van der Waals surface area contributed by atoms with Crippen LogP contribution in [0.4, 0.5) is 0 Å². The summed E-state index contributed by atoms with van der Waals surface area (Å²) >= 11 is 0. The fraction of sp³-hybridized carbons (Fsp3) is 0.250. The third-order valence-corrected chi connectivity index (χ3v) is 2.65. The summed E-state index contributed by atoms with van der Waals surface area (Å²) in [6.07, 6.45) is 3.20. The van der Waals surface area contributed by atoms with Crippen molar-refractivity contribution < 1.29 is 4.79 Å². The van der Waals surface area contributed by atoms with Crippen molar-refractivity contribution in [3.63, 3.8) is 0 Å². The van der Waals surface area contributed by atoms with Crippen LogP contribution in [0.25, 0.3) is 0 Å². The first-order chi connectivity index (χ1) is 8.18. The number of rotatable bonds is 3. The quantitative estimate of drug-likeness (QED) is 0.836. The highest BCUT2D eigenvalue weighted by atomic mass is 16.1. The van der Waals surface area contributed by atoms with Gasteiger partial charge in [-0.05, 0) is 26.0 Å². The number of aromatic nitrogens is 3. The lowest BCUT2D eigenvalue weighted by Gasteiger charge is -2.05. The second-order valence-electron chi connectivity index (χ2n) is 3.83. The Balaban J connectivity index is 2.02. The highest BCUT2D eigenvalue weighted by molar-refractivity contribution is 5.93. The lowest BCUT2D eigenvalue weighted by Crippen LogP contribution is -2.23. The second-order valence-corrected chi connectivity index (χ2v) is 3.83. The molecule has 88 valence electrons. The number of hydrogen-bond acceptors (Lipinski definition) is 3. The lowest BCUT2D eigenvalue weighted by atomic mass is 10.2. The molecule has 2 N–H and O–H groups in total. The molecule has 0 aromatic carbocycles. The fourth-order valence-electron chi connectivity index (χ4n) is 1.61. The molecule has 1 amide bonds. The van der Waals surface area contributed by atoms with Crippen LogP contribution in [0.1, 0.15) is 27.3 Å². The van der Waals surface area contributed by atoms with E-state index in [1.54, 1.807) is 24.5 Å². The van der Waals surface area contributed by atoms with E-state index in [2.05, 4.69) is 20.5 Å². The largest absolute Gasteiger partial charge is 0.348 e. The molecule has 0 saturated carbocycles. The van der Waals surface area contributed by atoms with Crippen LogP contribution in [0, 0.1) is 13.8 Å². The van der Waals surface area contributed by atoms with Crippen molar-refractivity contribution in [1.29, 1.82) is 0 Å². The molecule has 2 rings (SSSR count). The van der Waals surface area contributed by atoms with E-state index in [-0.39, 0.29) is 5.91 Å². The van der Waals surface area contributed by atoms with Crippen molar-refractivity contribution in [2.75, 3.05) is 0 Å². The molecular formula is C12H14N4O. The van der Waals surface area contributed by atoms with Gasteiger partial charge in [0.15, 0.2) is 0 Å². The SMILES string of the molecule is Cc1n[nH]c(C)c1CNC(=O)c1ccncc1. The Morgan fingerprint density at radius 2 is 2.06 bits per heavy atom. The Kier molecular flexibility index (Phi) is 3.18. The zero-order valence-electron chi connectivity index (χ0n) is 9.82. The molecule has 5 heteroatoms. The first-order valence-electron chi connectivity index (χ1n) is 5.37. The first-order valence-corrected chi connectivity index (χ1v) is 5.37. The van der Waals surface area contributed by atoms with E-state index < -0.39 is 0 Å². The highest BCUT2D eigenvalue weighted by Crippen LogP contribution is 2.08. The summed E-state index contributed by atoms with van der Waals surface area (Å²) in [6.45, 7) is 4.33. The number of nitrogens with one attached hydrogen (secondary N) is 2. The molecule has 0 aliphatic heterocycles. The molecule has 2 aromatic heterocycles. The summed E-state index contributed by atoms with van der Waals surface area (Å²) in [6, 6.07) is 3.37. The smallest absolute Gasteiger partial charge is 0.251 e. The molecule has 0 atom stereocenters. The van der Waals surface area contributed by atoms with Crippen LogP contribution in [0.5, 0.6) is 0 Å². The van der Waals surface area contributed by atoms with E-state index in [4.69, 9.17) is 0 Å². The van der Waals surface area contributed by atoms with E-state index in [1.165, 1.54) is 0 Å². The van der Waals surface area contributed by atoms with Crippen LogP contribution >= 0.6 is 0 Å². The molecule has 0 aliphatic carbocycles. The molecule has 0 saturated heterocycles. The Morgan fingerprint density at radius 1 is 1.35 bits per heavy atom. The molecule has 0 bridgehead atoms. The maximum atomic E-state index is 11.8. The van der Waals surface area contributed by atoms with Crippen LogP contribution < -0.4 is 5.32 Å². The van der Waals surface area contributed by atoms with E-state index in [0.29, 0.717) is 12.1 Å². The minimum Gasteiger partial charge on any atom is -0.348 e. The molecule has 2 aromatic rings. The fourth-order valence-corrected chi connectivity index (χ4v) is 1.61. The average Bonchev–Trinajstić information content (AvgIpc) is 2.67. The Morgan fingerprint density at radius 3 is 2.65 bits per heavy atom. The zero-order chi connectivity index (χ0) is 12.3. The lowest BCUT2D eigenvalue weighted by molar-refractivity contribution is 0.0951. The number of H-pyrrole nitrogens is 1. The van der Waals surface area contributed by atoms with Crippen LogP contribution in [0.3, 0.4) is 0 Å². The van der Waals surface area contributed by atoms with Crippen molar-refractivity contribution in [1.82, 2.24) is 20.5 Å². The van der Waals surface area contributed by atoms with Gasteiger partial charge < -0.3 is 5.32 Å². The van der Waals surface area contributed by atoms with Gasteiger partial charge in [-0.1, -0.05) is 0 Å². The van der Waals surface area contributed by atoms with Gasteiger partial charge in [-0.3, -0.25) is 14.9 Å². The maximum Gasteiger partial charge on any atom is 0.251 e. The van der Waals surface area contributed by atoms with Crippen LogP contribution in [-0.2, 0) is 6.54 Å². The molecule has 0 radical (unpaired) electrons. The summed E-state index contributed by atoms with van der Waals surface area (Å²) in [5.74, 6) is -0.104. The molecule has 2 heterocycles. The van der Waals surface area contributed by atoms with Crippen LogP contribution in [0.2, 0.25) is 0 Å². The summed E-state index contributed by atoms with van der Waals surface area (Å²) in [5, 5.41) is 9.83. The Labute approximate surface area is 99.3 Å². The van der Waals surface area contributed by atoms with Gasteiger partial charge in [0.25, 0.3) is 5.91 Å². The molecule has 5 nitrogen and oxygen atoms in total. The summed E-state index contributed by atoms with van der Waals surface area (Å²) in [7, 11) is 0. The number of pyridine rings is 1. The number of aryl methyl sites for hydroxylation is 2. The van der Waals surface area contributed by atoms with Crippen molar-refractivity contribution in [3.8, 4) is 0 Å². The highest BCUT2D eigenvalue weighted by Gasteiger charge is 2.09. The van der Waals surface area contributed by atoms with Crippen molar-refractivity contribution >= 4 is 5.91 Å². The standard InChI is InChI=1S/C12H14N4O/c1-8-11(9(2)16-15-8)7-14-12(17)10-3-5-13-6-4-10/h3-6H,7H2,1-2H3,(H,14,17)(H,15,16). The number of amides is 1. The van der Waals surface area contributed by atoms with Gasteiger partial charge in [0.05, 0.1) is 5.69 Å². The minimum atomic E-state index is -0.104. The zero-order valence-corrected chi connectivity index (χ0v) is 9.82. The van der Waals surface area contributed by atoms with Gasteiger partial charge in [-0.25, -0.2) is 0 Å². The Bertz CT molecular complexity index is 499. The van der Waals surface area contributed by atoms with Crippen molar-refractivity contribution in [2.24, 2.45) is 0 Å². The molecule has 0 aliphatic rings. The number of hydrogen-bond donors (Lipinski definition) is 2. The third-order valence-electron chi connectivity index (χ3n) is 2.65. The monoisotopic (exact) mass is 230 g/mol. The van der Waals surface area contributed by atoms with E-state index >= 15 is 0 Å². The van der Waals surface area contributed by atoms with Gasteiger partial charge in [0.1, 0.15) is 0 Å². The molecule has 0 spiro atoms. The summed E-state index contributed by atoms with van der Waals surface area (Å²) < 4.78 is 0. The van der Waals surface area contributed by atoms with Gasteiger partial charge in [0.2, 0.25) is 0 Å². The Hall–Kier alpha value is -2.17. The second kappa shape index (κ2) is 4.78. The number of carbonyl (C=O) groups excluding carboxylic acids is 1. The number of aromatic amines is 1. The predicted octanol–water partition coefficient (Wildman–Crippen LogP) is 1.35. The predicted molar refractivity (Wildman–Crippen MR) is 63.5 cm³/mol. The molecule has 0 unspecified atom stereocenters. The molecule has 17 heavy (non-hydrogen) atoms. The van der Waals surface area contributed by atoms with E-state index in [1.807, 2.05) is 13.8 Å². The van der Waals surface area contributed by atoms with Crippen molar-refractivity contribution in [3.05, 3.63) is 47.0 Å². The van der Waals surface area contributed by atoms with Gasteiger partial charge in [0, 0.05) is 35.8 Å². The topological polar surface area (TPSA) is 70.7 Å². The van der Waals surface area contributed by atoms with Crippen LogP contribution in [-0.4, -0.2) is 21.1 Å². The van der Waals surface area contributed by atoms with Crippen LogP contribution in [0.15, 0.2) is 24.5 Å². The number of nitrogens with zero attached hydrogens (tertiary/aromatic N) is 2. The summed E-state index contributed by atoms with van der Waals surface area (Å²) in [5.41, 5.74) is 3.54. The van der Waals surface area contributed by atoms with Gasteiger partial charge in [-0.2, -0.15) is 5.10 Å². The first kappa shape index (κ1) is 11.3. The van der Waals surface area contributed by atoms with Crippen molar-refractivity contribution in [2.45, 2.75) is 20.4 Å². The maximum absolute atomic E-state index is 11.8. The molecule has 0 fully saturated rings.